The van der Waals surface area contributed by atoms with Gasteiger partial charge in [-0.1, -0.05) is 58.4 Å². The summed E-state index contributed by atoms with van der Waals surface area (Å²) in [6, 6.07) is 20.8. The summed E-state index contributed by atoms with van der Waals surface area (Å²) in [7, 11) is 0. The van der Waals surface area contributed by atoms with Crippen LogP contribution in [0.5, 0.6) is 5.75 Å². The summed E-state index contributed by atoms with van der Waals surface area (Å²) in [6.45, 7) is 0.363. The molecule has 3 aromatic carbocycles. The van der Waals surface area contributed by atoms with Crippen molar-refractivity contribution in [3.05, 3.63) is 99.5 Å². The molecule has 2 amide bonds. The first-order valence-electron chi connectivity index (χ1n) is 9.76. The fourth-order valence-electron chi connectivity index (χ4n) is 3.52. The molecule has 0 bridgehead atoms. The molecule has 3 aromatic rings. The molecule has 156 valence electrons. The number of hydrogen-bond acceptors (Lipinski definition) is 4. The number of fused-ring (bicyclic) bond motifs is 1. The van der Waals surface area contributed by atoms with E-state index in [1.165, 1.54) is 0 Å². The zero-order chi connectivity index (χ0) is 21.8. The number of hydrazone groups is 1. The van der Waals surface area contributed by atoms with Gasteiger partial charge < -0.3 is 10.0 Å². The van der Waals surface area contributed by atoms with E-state index < -0.39 is 6.04 Å². The van der Waals surface area contributed by atoms with Gasteiger partial charge in [-0.2, -0.15) is 5.10 Å². The first-order chi connectivity index (χ1) is 15.0. The third-order valence-corrected chi connectivity index (χ3v) is 5.68. The molecule has 0 saturated heterocycles. The van der Waals surface area contributed by atoms with Crippen LogP contribution in [0.1, 0.15) is 27.0 Å². The van der Waals surface area contributed by atoms with Crippen LogP contribution in [-0.4, -0.2) is 34.1 Å². The Hall–Kier alpha value is -3.45. The second kappa shape index (κ2) is 9.14. The van der Waals surface area contributed by atoms with Crippen molar-refractivity contribution in [1.29, 1.82) is 0 Å². The third kappa shape index (κ3) is 4.83. The average molecular weight is 478 g/mol. The summed E-state index contributed by atoms with van der Waals surface area (Å²) < 4.78 is 0.953. The summed E-state index contributed by atoms with van der Waals surface area (Å²) in [5.41, 5.74) is 5.76. The number of nitrogens with zero attached hydrogens (tertiary/aromatic N) is 2. The van der Waals surface area contributed by atoms with Crippen LogP contribution in [0.3, 0.4) is 0 Å². The highest BCUT2D eigenvalue weighted by atomic mass is 79.9. The van der Waals surface area contributed by atoms with Gasteiger partial charge in [0, 0.05) is 23.0 Å². The normalized spacial score (nSPS) is 14.0. The number of phenols is 1. The molecule has 0 radical (unpaired) electrons. The minimum atomic E-state index is -0.744. The predicted molar refractivity (Wildman–Crippen MR) is 122 cm³/mol. The number of hydrogen-bond donors (Lipinski definition) is 2. The van der Waals surface area contributed by atoms with Crippen molar-refractivity contribution in [2.24, 2.45) is 5.10 Å². The molecule has 7 heteroatoms. The Balaban J connectivity index is 1.54. The van der Waals surface area contributed by atoms with Crippen LogP contribution in [0.2, 0.25) is 0 Å². The van der Waals surface area contributed by atoms with E-state index in [2.05, 4.69) is 26.5 Å². The second-order valence-electron chi connectivity index (χ2n) is 7.26. The van der Waals surface area contributed by atoms with Crippen LogP contribution in [0.25, 0.3) is 0 Å². The SMILES string of the molecule is O=C(N/N=C/c1ccc(Br)cc1)[C@H](Cc1ccc(O)cc1)N1Cc2ccccc2C1=O. The van der Waals surface area contributed by atoms with Gasteiger partial charge in [-0.05, 0) is 47.0 Å². The zero-order valence-electron chi connectivity index (χ0n) is 16.5. The number of nitrogens with one attached hydrogen (secondary N) is 1. The molecule has 6 nitrogen and oxygen atoms in total. The van der Waals surface area contributed by atoms with Gasteiger partial charge in [0.2, 0.25) is 0 Å². The van der Waals surface area contributed by atoms with E-state index in [4.69, 9.17) is 0 Å². The summed E-state index contributed by atoms with van der Waals surface area (Å²) in [4.78, 5) is 27.6. The van der Waals surface area contributed by atoms with Crippen molar-refractivity contribution >= 4 is 34.0 Å². The molecule has 1 aliphatic rings. The van der Waals surface area contributed by atoms with E-state index >= 15 is 0 Å². The molecule has 0 spiro atoms. The highest BCUT2D eigenvalue weighted by Crippen LogP contribution is 2.26. The summed E-state index contributed by atoms with van der Waals surface area (Å²) in [5.74, 6) is -0.400. The van der Waals surface area contributed by atoms with Crippen LogP contribution in [-0.2, 0) is 17.8 Å². The lowest BCUT2D eigenvalue weighted by Gasteiger charge is -2.26. The number of benzene rings is 3. The highest BCUT2D eigenvalue weighted by molar-refractivity contribution is 9.10. The minimum Gasteiger partial charge on any atom is -0.508 e. The van der Waals surface area contributed by atoms with Crippen molar-refractivity contribution in [2.45, 2.75) is 19.0 Å². The molecular weight excluding hydrogens is 458 g/mol. The molecule has 0 aliphatic carbocycles. The van der Waals surface area contributed by atoms with Crippen molar-refractivity contribution < 1.29 is 14.7 Å². The molecule has 31 heavy (non-hydrogen) atoms. The Morgan fingerprint density at radius 3 is 2.52 bits per heavy atom. The molecular formula is C24H20BrN3O3. The van der Waals surface area contributed by atoms with Gasteiger partial charge in [0.05, 0.1) is 6.21 Å². The topological polar surface area (TPSA) is 82.0 Å². The molecule has 0 aromatic heterocycles. The average Bonchev–Trinajstić information content (AvgIpc) is 3.11. The molecule has 0 fully saturated rings. The smallest absolute Gasteiger partial charge is 0.263 e. The molecule has 0 unspecified atom stereocenters. The van der Waals surface area contributed by atoms with Crippen molar-refractivity contribution in [2.75, 3.05) is 0 Å². The van der Waals surface area contributed by atoms with Crippen LogP contribution >= 0.6 is 15.9 Å². The summed E-state index contributed by atoms with van der Waals surface area (Å²) >= 11 is 3.38. The molecule has 1 aliphatic heterocycles. The lowest BCUT2D eigenvalue weighted by atomic mass is 10.0. The number of amides is 2. The molecule has 0 saturated carbocycles. The van der Waals surface area contributed by atoms with Gasteiger partial charge in [0.15, 0.2) is 0 Å². The molecule has 2 N–H and O–H groups in total. The first-order valence-corrected chi connectivity index (χ1v) is 10.6. The van der Waals surface area contributed by atoms with E-state index in [-0.39, 0.29) is 17.6 Å². The van der Waals surface area contributed by atoms with Gasteiger partial charge in [0.1, 0.15) is 11.8 Å². The Kier molecular flexibility index (Phi) is 6.13. The number of halogens is 1. The van der Waals surface area contributed by atoms with E-state index in [0.29, 0.717) is 18.5 Å². The molecule has 4 rings (SSSR count). The monoisotopic (exact) mass is 477 g/mol. The number of rotatable bonds is 6. The van der Waals surface area contributed by atoms with Crippen molar-refractivity contribution in [3.63, 3.8) is 0 Å². The van der Waals surface area contributed by atoms with Crippen LogP contribution < -0.4 is 5.43 Å². The Bertz CT molecular complexity index is 1130. The van der Waals surface area contributed by atoms with Gasteiger partial charge in [0.25, 0.3) is 11.8 Å². The van der Waals surface area contributed by atoms with Crippen LogP contribution in [0.4, 0.5) is 0 Å². The van der Waals surface area contributed by atoms with E-state index in [1.54, 1.807) is 41.4 Å². The third-order valence-electron chi connectivity index (χ3n) is 5.15. The molecule has 1 atom stereocenters. The largest absolute Gasteiger partial charge is 0.508 e. The van der Waals surface area contributed by atoms with E-state index in [0.717, 1.165) is 21.2 Å². The highest BCUT2D eigenvalue weighted by Gasteiger charge is 2.36. The summed E-state index contributed by atoms with van der Waals surface area (Å²) in [6.07, 6.45) is 1.86. The van der Waals surface area contributed by atoms with E-state index in [9.17, 15) is 14.7 Å². The van der Waals surface area contributed by atoms with Crippen LogP contribution in [0.15, 0.2) is 82.4 Å². The van der Waals surface area contributed by atoms with Gasteiger partial charge in [-0.3, -0.25) is 9.59 Å². The molecule has 1 heterocycles. The standard InChI is InChI=1S/C24H20BrN3O3/c25-19-9-5-17(6-10-19)14-26-27-23(30)22(13-16-7-11-20(29)12-8-16)28-15-18-3-1-2-4-21(18)24(28)31/h1-12,14,22,29H,13,15H2,(H,27,30)/b26-14+/t22-/m0/s1. The maximum atomic E-state index is 13.1. The second-order valence-corrected chi connectivity index (χ2v) is 8.18. The lowest BCUT2D eigenvalue weighted by Crippen LogP contribution is -2.47. The van der Waals surface area contributed by atoms with Crippen LogP contribution in [0, 0.1) is 0 Å². The maximum Gasteiger partial charge on any atom is 0.263 e. The maximum absolute atomic E-state index is 13.1. The lowest BCUT2D eigenvalue weighted by molar-refractivity contribution is -0.125. The van der Waals surface area contributed by atoms with Gasteiger partial charge in [-0.15, -0.1) is 0 Å². The predicted octanol–water partition coefficient (Wildman–Crippen LogP) is 3.87. The minimum absolute atomic E-state index is 0.147. The van der Waals surface area contributed by atoms with Gasteiger partial charge >= 0.3 is 0 Å². The first kappa shape index (κ1) is 20.8. The fourth-order valence-corrected chi connectivity index (χ4v) is 3.79. The van der Waals surface area contributed by atoms with Crippen molar-refractivity contribution in [1.82, 2.24) is 10.3 Å². The Morgan fingerprint density at radius 2 is 1.81 bits per heavy atom. The quantitative estimate of drug-likeness (QED) is 0.417. The Labute approximate surface area is 188 Å². The Morgan fingerprint density at radius 1 is 1.10 bits per heavy atom. The number of carbonyl (C=O) groups is 2. The zero-order valence-corrected chi connectivity index (χ0v) is 18.1. The fraction of sp³-hybridized carbons (Fsp3) is 0.125. The van der Waals surface area contributed by atoms with Crippen molar-refractivity contribution in [3.8, 4) is 5.75 Å². The number of carbonyl (C=O) groups excluding carboxylic acids is 2. The summed E-state index contributed by atoms with van der Waals surface area (Å²) in [5, 5.41) is 13.6. The van der Waals surface area contributed by atoms with Gasteiger partial charge in [-0.25, -0.2) is 5.43 Å². The van der Waals surface area contributed by atoms with E-state index in [1.807, 2.05) is 42.5 Å². The number of phenolic OH excluding ortho intramolecular Hbond substituents is 1. The number of aromatic hydroxyl groups is 1.